The Kier molecular flexibility index (Phi) is 5.45. The number of pyridine rings is 1. The van der Waals surface area contributed by atoms with Crippen LogP contribution in [0.2, 0.25) is 0 Å². The van der Waals surface area contributed by atoms with Gasteiger partial charge in [-0.15, -0.1) is 0 Å². The number of alkyl halides is 3. The molecule has 2 aromatic rings. The van der Waals surface area contributed by atoms with Gasteiger partial charge in [0.25, 0.3) is 0 Å². The number of hydrogen-bond acceptors (Lipinski definition) is 6. The van der Waals surface area contributed by atoms with E-state index < -0.39 is 33.1 Å². The molecule has 27 heavy (non-hydrogen) atoms. The highest BCUT2D eigenvalue weighted by atomic mass is 32.2. The molecular formula is C16H17F3N4O3S. The summed E-state index contributed by atoms with van der Waals surface area (Å²) in [5.74, 6) is -1.10. The first kappa shape index (κ1) is 20.6. The molecule has 2 heterocycles. The average Bonchev–Trinajstić information content (AvgIpc) is 2.92. The molecule has 11 heteroatoms. The summed E-state index contributed by atoms with van der Waals surface area (Å²) < 4.78 is 64.0. The summed E-state index contributed by atoms with van der Waals surface area (Å²) in [5, 5.41) is 6.23. The summed E-state index contributed by atoms with van der Waals surface area (Å²) >= 11 is 0. The van der Waals surface area contributed by atoms with E-state index in [1.165, 1.54) is 12.1 Å². The molecule has 7 nitrogen and oxygen atoms in total. The molecule has 146 valence electrons. The lowest BCUT2D eigenvalue weighted by molar-refractivity contribution is -0.141. The molecule has 0 fully saturated rings. The first-order valence-electron chi connectivity index (χ1n) is 7.58. The molecule has 0 unspecified atom stereocenters. The number of rotatable bonds is 6. The van der Waals surface area contributed by atoms with Gasteiger partial charge in [0.15, 0.2) is 27.1 Å². The molecule has 2 rings (SSSR count). The van der Waals surface area contributed by atoms with E-state index in [9.17, 15) is 26.4 Å². The van der Waals surface area contributed by atoms with Gasteiger partial charge < -0.3 is 5.32 Å². The molecule has 0 amide bonds. The third kappa shape index (κ3) is 4.54. The third-order valence-corrected chi connectivity index (χ3v) is 4.53. The molecule has 0 aliphatic rings. The minimum absolute atomic E-state index is 0.0791. The maximum absolute atomic E-state index is 13.4. The highest BCUT2D eigenvalue weighted by molar-refractivity contribution is 7.90. The summed E-state index contributed by atoms with van der Waals surface area (Å²) in [6.45, 7) is 6.42. The normalized spacial score (nSPS) is 12.1. The van der Waals surface area contributed by atoms with Gasteiger partial charge in [-0.3, -0.25) is 4.79 Å². The van der Waals surface area contributed by atoms with Gasteiger partial charge in [-0.05, 0) is 26.0 Å². The van der Waals surface area contributed by atoms with Crippen LogP contribution in [-0.4, -0.2) is 41.8 Å². The first-order chi connectivity index (χ1) is 12.3. The van der Waals surface area contributed by atoms with E-state index in [0.29, 0.717) is 5.57 Å². The molecule has 0 radical (unpaired) electrons. The van der Waals surface area contributed by atoms with Crippen molar-refractivity contribution >= 4 is 21.4 Å². The molecule has 0 atom stereocenters. The summed E-state index contributed by atoms with van der Waals surface area (Å²) in [6.07, 6.45) is -2.87. The molecule has 0 aromatic carbocycles. The van der Waals surface area contributed by atoms with Crippen LogP contribution in [0.25, 0.3) is 5.82 Å². The summed E-state index contributed by atoms with van der Waals surface area (Å²) in [5.41, 5.74) is -1.36. The summed E-state index contributed by atoms with van der Waals surface area (Å²) in [7, 11) is -3.53. The fourth-order valence-electron chi connectivity index (χ4n) is 2.23. The maximum Gasteiger partial charge on any atom is 0.435 e. The van der Waals surface area contributed by atoms with Gasteiger partial charge in [0.1, 0.15) is 5.82 Å². The Hall–Kier alpha value is -2.69. The van der Waals surface area contributed by atoms with Crippen molar-refractivity contribution < 1.29 is 26.4 Å². The number of halogens is 3. The molecule has 0 bridgehead atoms. The Morgan fingerprint density at radius 3 is 2.33 bits per heavy atom. The quantitative estimate of drug-likeness (QED) is 0.590. The van der Waals surface area contributed by atoms with Crippen molar-refractivity contribution in [1.29, 1.82) is 0 Å². The fourth-order valence-corrected chi connectivity index (χ4v) is 2.79. The monoisotopic (exact) mass is 402 g/mol. The standard InChI is InChI=1S/C16H17F3N4O3S/c1-9(2)7-21-15-13(10(3)24)14(16(17,18)19)22-23(15)12-6-5-11(8-20-12)27(4,25)26/h5-6,8,21H,1,7H2,2-4H3. The van der Waals surface area contributed by atoms with Gasteiger partial charge in [-0.25, -0.2) is 13.4 Å². The smallest absolute Gasteiger partial charge is 0.366 e. The summed E-state index contributed by atoms with van der Waals surface area (Å²) in [4.78, 5) is 15.7. The van der Waals surface area contributed by atoms with Crippen LogP contribution in [0.4, 0.5) is 19.0 Å². The zero-order valence-corrected chi connectivity index (χ0v) is 15.6. The number of carbonyl (C=O) groups is 1. The van der Waals surface area contributed by atoms with Crippen LogP contribution in [0, 0.1) is 0 Å². The van der Waals surface area contributed by atoms with Crippen molar-refractivity contribution in [1.82, 2.24) is 14.8 Å². The Morgan fingerprint density at radius 1 is 1.30 bits per heavy atom. The molecule has 0 spiro atoms. The number of Topliss-reactive ketones (excluding diaryl/α,β-unsaturated/α-hetero) is 1. The fraction of sp³-hybridized carbons (Fsp3) is 0.312. The Bertz CT molecular complexity index is 993. The highest BCUT2D eigenvalue weighted by Crippen LogP contribution is 2.36. The highest BCUT2D eigenvalue weighted by Gasteiger charge is 2.41. The van der Waals surface area contributed by atoms with Crippen LogP contribution >= 0.6 is 0 Å². The zero-order chi connectivity index (χ0) is 20.6. The van der Waals surface area contributed by atoms with Crippen LogP contribution in [0.15, 0.2) is 35.4 Å². The van der Waals surface area contributed by atoms with E-state index in [0.717, 1.165) is 24.1 Å². The Morgan fingerprint density at radius 2 is 1.93 bits per heavy atom. The second-order valence-corrected chi connectivity index (χ2v) is 7.99. The van der Waals surface area contributed by atoms with Gasteiger partial charge >= 0.3 is 6.18 Å². The van der Waals surface area contributed by atoms with Crippen molar-refractivity contribution in [2.24, 2.45) is 0 Å². The molecular weight excluding hydrogens is 385 g/mol. The van der Waals surface area contributed by atoms with E-state index in [-0.39, 0.29) is 23.1 Å². The molecule has 0 saturated heterocycles. The predicted molar refractivity (Wildman–Crippen MR) is 92.8 cm³/mol. The lowest BCUT2D eigenvalue weighted by Gasteiger charge is -2.11. The number of sulfone groups is 1. The molecule has 0 aliphatic heterocycles. The lowest BCUT2D eigenvalue weighted by atomic mass is 10.1. The Labute approximate surface area is 153 Å². The van der Waals surface area contributed by atoms with Crippen molar-refractivity contribution in [2.75, 3.05) is 18.1 Å². The van der Waals surface area contributed by atoms with Crippen molar-refractivity contribution in [2.45, 2.75) is 24.9 Å². The maximum atomic E-state index is 13.4. The molecule has 1 N–H and O–H groups in total. The van der Waals surface area contributed by atoms with Crippen molar-refractivity contribution in [3.8, 4) is 5.82 Å². The van der Waals surface area contributed by atoms with Crippen LogP contribution in [0.3, 0.4) is 0 Å². The number of hydrogen-bond donors (Lipinski definition) is 1. The van der Waals surface area contributed by atoms with Gasteiger partial charge in [0, 0.05) is 19.0 Å². The van der Waals surface area contributed by atoms with Crippen LogP contribution in [0.5, 0.6) is 0 Å². The zero-order valence-electron chi connectivity index (χ0n) is 14.8. The van der Waals surface area contributed by atoms with Gasteiger partial charge in [0.05, 0.1) is 10.5 Å². The molecule has 0 saturated carbocycles. The largest absolute Gasteiger partial charge is 0.435 e. The second-order valence-electron chi connectivity index (χ2n) is 5.97. The van der Waals surface area contributed by atoms with Gasteiger partial charge in [-0.2, -0.15) is 23.0 Å². The minimum Gasteiger partial charge on any atom is -0.366 e. The van der Waals surface area contributed by atoms with Crippen LogP contribution in [-0.2, 0) is 16.0 Å². The van der Waals surface area contributed by atoms with E-state index in [2.05, 4.69) is 22.0 Å². The van der Waals surface area contributed by atoms with Crippen molar-refractivity contribution in [3.05, 3.63) is 41.7 Å². The lowest BCUT2D eigenvalue weighted by Crippen LogP contribution is -2.13. The second kappa shape index (κ2) is 7.14. The van der Waals surface area contributed by atoms with E-state index in [4.69, 9.17) is 0 Å². The number of carbonyl (C=O) groups excluding carboxylic acids is 1. The number of aromatic nitrogens is 3. The minimum atomic E-state index is -4.86. The predicted octanol–water partition coefficient (Wildman–Crippen LogP) is 2.88. The van der Waals surface area contributed by atoms with Crippen LogP contribution in [0.1, 0.15) is 29.9 Å². The third-order valence-electron chi connectivity index (χ3n) is 3.43. The Balaban J connectivity index is 2.70. The molecule has 0 aliphatic carbocycles. The van der Waals surface area contributed by atoms with E-state index in [1.807, 2.05) is 0 Å². The van der Waals surface area contributed by atoms with E-state index >= 15 is 0 Å². The number of ketones is 1. The van der Waals surface area contributed by atoms with Crippen LogP contribution < -0.4 is 5.32 Å². The van der Waals surface area contributed by atoms with Crippen molar-refractivity contribution in [3.63, 3.8) is 0 Å². The molecule has 2 aromatic heterocycles. The number of anilines is 1. The first-order valence-corrected chi connectivity index (χ1v) is 9.47. The summed E-state index contributed by atoms with van der Waals surface area (Å²) in [6, 6.07) is 2.40. The number of nitrogens with one attached hydrogen (secondary N) is 1. The van der Waals surface area contributed by atoms with E-state index in [1.54, 1.807) is 6.92 Å². The van der Waals surface area contributed by atoms with Gasteiger partial charge in [-0.1, -0.05) is 12.2 Å². The van der Waals surface area contributed by atoms with Gasteiger partial charge in [0.2, 0.25) is 0 Å². The average molecular weight is 402 g/mol. The number of nitrogens with zero attached hydrogens (tertiary/aromatic N) is 3. The SMILES string of the molecule is C=C(C)CNc1c(C(C)=O)c(C(F)(F)F)nn1-c1ccc(S(C)(=O)=O)cn1. The topological polar surface area (TPSA) is 94.0 Å².